The molecule has 0 amide bonds. The van der Waals surface area contributed by atoms with E-state index in [0.29, 0.717) is 49.4 Å². The van der Waals surface area contributed by atoms with Crippen molar-refractivity contribution >= 4 is 0 Å². The molecule has 0 aliphatic carbocycles. The summed E-state index contributed by atoms with van der Waals surface area (Å²) in [5.74, 6) is 2.46. The van der Waals surface area contributed by atoms with Crippen LogP contribution < -0.4 is 0 Å². The molecule has 0 bridgehead atoms. The van der Waals surface area contributed by atoms with Gasteiger partial charge in [-0.2, -0.15) is 0 Å². The minimum Gasteiger partial charge on any atom is -0.394 e. The molecule has 2 saturated heterocycles. The zero-order valence-electron chi connectivity index (χ0n) is 16.6. The first-order chi connectivity index (χ1) is 11.9. The Balaban J connectivity index is 1.89. The SMILES string of the molecule is CCC1C(CO)OC(COCC2C(CO)OCC(C)C2C)C(C)C1C. The van der Waals surface area contributed by atoms with Crippen molar-refractivity contribution < 1.29 is 24.4 Å². The normalized spacial score (nSPS) is 45.5. The topological polar surface area (TPSA) is 68.2 Å². The van der Waals surface area contributed by atoms with E-state index in [-0.39, 0.29) is 37.4 Å². The molecule has 2 aliphatic rings. The molecule has 2 N–H and O–H groups in total. The third-order valence-corrected chi connectivity index (χ3v) is 6.97. The summed E-state index contributed by atoms with van der Waals surface area (Å²) in [5, 5.41) is 19.2. The highest BCUT2D eigenvalue weighted by Gasteiger charge is 2.41. The fourth-order valence-electron chi connectivity index (χ4n) is 4.60. The number of aliphatic hydroxyl groups excluding tert-OH is 2. The van der Waals surface area contributed by atoms with Gasteiger partial charge >= 0.3 is 0 Å². The molecular formula is C20H38O5. The minimum atomic E-state index is -0.135. The highest BCUT2D eigenvalue weighted by atomic mass is 16.5. The molecule has 25 heavy (non-hydrogen) atoms. The van der Waals surface area contributed by atoms with Crippen molar-refractivity contribution in [1.82, 2.24) is 0 Å². The molecule has 0 saturated carbocycles. The molecule has 5 heteroatoms. The van der Waals surface area contributed by atoms with E-state index in [4.69, 9.17) is 14.2 Å². The lowest BCUT2D eigenvalue weighted by atomic mass is 9.74. The van der Waals surface area contributed by atoms with Crippen LogP contribution in [0.4, 0.5) is 0 Å². The smallest absolute Gasteiger partial charge is 0.0858 e. The van der Waals surface area contributed by atoms with Crippen LogP contribution >= 0.6 is 0 Å². The van der Waals surface area contributed by atoms with Gasteiger partial charge in [-0.05, 0) is 29.6 Å². The van der Waals surface area contributed by atoms with Gasteiger partial charge in [0.15, 0.2) is 0 Å². The van der Waals surface area contributed by atoms with Crippen LogP contribution in [-0.4, -0.2) is 61.6 Å². The van der Waals surface area contributed by atoms with Gasteiger partial charge in [0, 0.05) is 12.5 Å². The molecule has 0 aromatic rings. The number of ether oxygens (including phenoxy) is 3. The third kappa shape index (κ3) is 4.75. The molecule has 2 rings (SSSR count). The average Bonchev–Trinajstić information content (AvgIpc) is 2.62. The predicted octanol–water partition coefficient (Wildman–Crippen LogP) is 2.34. The molecule has 2 heterocycles. The van der Waals surface area contributed by atoms with Crippen molar-refractivity contribution in [3.8, 4) is 0 Å². The van der Waals surface area contributed by atoms with Crippen LogP contribution in [-0.2, 0) is 14.2 Å². The molecule has 148 valence electrons. The maximum Gasteiger partial charge on any atom is 0.0858 e. The summed E-state index contributed by atoms with van der Waals surface area (Å²) in [7, 11) is 0. The van der Waals surface area contributed by atoms with Crippen LogP contribution in [0.2, 0.25) is 0 Å². The van der Waals surface area contributed by atoms with Crippen LogP contribution in [0.1, 0.15) is 41.0 Å². The van der Waals surface area contributed by atoms with Crippen molar-refractivity contribution in [2.45, 2.75) is 59.4 Å². The summed E-state index contributed by atoms with van der Waals surface area (Å²) in [6.07, 6.45) is 0.813. The van der Waals surface area contributed by atoms with Gasteiger partial charge in [0.2, 0.25) is 0 Å². The second-order valence-corrected chi connectivity index (χ2v) is 8.28. The quantitative estimate of drug-likeness (QED) is 0.731. The van der Waals surface area contributed by atoms with Gasteiger partial charge in [-0.25, -0.2) is 0 Å². The van der Waals surface area contributed by atoms with Crippen molar-refractivity contribution in [2.24, 2.45) is 35.5 Å². The van der Waals surface area contributed by atoms with Crippen molar-refractivity contribution in [2.75, 3.05) is 33.0 Å². The summed E-state index contributed by atoms with van der Waals surface area (Å²) in [6, 6.07) is 0. The van der Waals surface area contributed by atoms with E-state index >= 15 is 0 Å². The van der Waals surface area contributed by atoms with Crippen molar-refractivity contribution in [1.29, 1.82) is 0 Å². The van der Waals surface area contributed by atoms with Gasteiger partial charge in [-0.1, -0.05) is 41.0 Å². The highest BCUT2D eigenvalue weighted by molar-refractivity contribution is 4.88. The zero-order valence-corrected chi connectivity index (χ0v) is 16.6. The molecule has 9 atom stereocenters. The van der Waals surface area contributed by atoms with Crippen molar-refractivity contribution in [3.63, 3.8) is 0 Å². The van der Waals surface area contributed by atoms with Gasteiger partial charge in [0.1, 0.15) is 0 Å². The molecule has 5 nitrogen and oxygen atoms in total. The number of rotatable bonds is 7. The van der Waals surface area contributed by atoms with Crippen LogP contribution in [0.5, 0.6) is 0 Å². The average molecular weight is 359 g/mol. The number of aliphatic hydroxyl groups is 2. The Morgan fingerprint density at radius 2 is 1.52 bits per heavy atom. The van der Waals surface area contributed by atoms with Crippen molar-refractivity contribution in [3.05, 3.63) is 0 Å². The molecule has 0 aromatic carbocycles. The highest BCUT2D eigenvalue weighted by Crippen LogP contribution is 2.37. The maximum atomic E-state index is 9.66. The van der Waals surface area contributed by atoms with E-state index in [1.54, 1.807) is 0 Å². The Morgan fingerprint density at radius 3 is 2.12 bits per heavy atom. The molecule has 2 aliphatic heterocycles. The summed E-state index contributed by atoms with van der Waals surface area (Å²) in [5.41, 5.74) is 0. The molecule has 2 fully saturated rings. The Bertz CT molecular complexity index is 386. The fourth-order valence-corrected chi connectivity index (χ4v) is 4.60. The maximum absolute atomic E-state index is 9.66. The van der Waals surface area contributed by atoms with Crippen LogP contribution in [0.3, 0.4) is 0 Å². The number of hydrogen-bond acceptors (Lipinski definition) is 5. The van der Waals surface area contributed by atoms with E-state index in [1.165, 1.54) is 0 Å². The lowest BCUT2D eigenvalue weighted by Crippen LogP contribution is -2.49. The molecule has 0 radical (unpaired) electrons. The zero-order chi connectivity index (χ0) is 18.6. The summed E-state index contributed by atoms with van der Waals surface area (Å²) >= 11 is 0. The Kier molecular flexibility index (Phi) is 8.15. The van der Waals surface area contributed by atoms with Gasteiger partial charge in [0.05, 0.1) is 44.7 Å². The summed E-state index contributed by atoms with van der Waals surface area (Å²) < 4.78 is 18.0. The Morgan fingerprint density at radius 1 is 0.840 bits per heavy atom. The lowest BCUT2D eigenvalue weighted by molar-refractivity contribution is -0.180. The third-order valence-electron chi connectivity index (χ3n) is 6.97. The lowest BCUT2D eigenvalue weighted by Gasteiger charge is -2.45. The molecular weight excluding hydrogens is 320 g/mol. The standard InChI is InChI=1S/C20H38O5/c1-6-16-14(4)15(5)20(25-19(16)8-22)11-23-10-17-13(3)12(2)9-24-18(17)7-21/h12-22H,6-11H2,1-5H3. The summed E-state index contributed by atoms with van der Waals surface area (Å²) in [6.45, 7) is 13.0. The first kappa shape index (κ1) is 21.1. The Hall–Kier alpha value is -0.200. The second-order valence-electron chi connectivity index (χ2n) is 8.28. The van der Waals surface area contributed by atoms with E-state index < -0.39 is 0 Å². The second kappa shape index (κ2) is 9.65. The van der Waals surface area contributed by atoms with Gasteiger partial charge in [-0.15, -0.1) is 0 Å². The van der Waals surface area contributed by atoms with Crippen LogP contribution in [0, 0.1) is 35.5 Å². The van der Waals surface area contributed by atoms with Gasteiger partial charge < -0.3 is 24.4 Å². The van der Waals surface area contributed by atoms with E-state index in [1.807, 2.05) is 0 Å². The number of hydrogen-bond donors (Lipinski definition) is 2. The van der Waals surface area contributed by atoms with E-state index in [0.717, 1.165) is 6.42 Å². The monoisotopic (exact) mass is 358 g/mol. The minimum absolute atomic E-state index is 0.0137. The van der Waals surface area contributed by atoms with Crippen LogP contribution in [0.25, 0.3) is 0 Å². The Labute approximate surface area is 153 Å². The van der Waals surface area contributed by atoms with E-state index in [9.17, 15) is 10.2 Å². The largest absolute Gasteiger partial charge is 0.394 e. The van der Waals surface area contributed by atoms with Crippen LogP contribution in [0.15, 0.2) is 0 Å². The van der Waals surface area contributed by atoms with Gasteiger partial charge in [0.25, 0.3) is 0 Å². The summed E-state index contributed by atoms with van der Waals surface area (Å²) in [4.78, 5) is 0. The van der Waals surface area contributed by atoms with E-state index in [2.05, 4.69) is 34.6 Å². The fraction of sp³-hybridized carbons (Fsp3) is 1.00. The molecule has 0 aromatic heterocycles. The first-order valence-electron chi connectivity index (χ1n) is 10.0. The predicted molar refractivity (Wildman–Crippen MR) is 97.3 cm³/mol. The first-order valence-corrected chi connectivity index (χ1v) is 10.0. The molecule has 9 unspecified atom stereocenters. The molecule has 0 spiro atoms. The van der Waals surface area contributed by atoms with Gasteiger partial charge in [-0.3, -0.25) is 0 Å².